The predicted molar refractivity (Wildman–Crippen MR) is 146 cm³/mol. The molecule has 4 aromatic carbocycles. The fourth-order valence-corrected chi connectivity index (χ4v) is 3.35. The van der Waals surface area contributed by atoms with Crippen LogP contribution in [0.5, 0.6) is 17.2 Å². The highest BCUT2D eigenvalue weighted by molar-refractivity contribution is 5.91. The summed E-state index contributed by atoms with van der Waals surface area (Å²) >= 11 is 0. The van der Waals surface area contributed by atoms with Crippen LogP contribution in [-0.2, 0) is 11.4 Å². The highest BCUT2D eigenvalue weighted by Crippen LogP contribution is 2.20. The molecule has 0 spiro atoms. The van der Waals surface area contributed by atoms with Crippen LogP contribution >= 0.6 is 0 Å². The number of hydrogen-bond donors (Lipinski definition) is 1. The predicted octanol–water partition coefficient (Wildman–Crippen LogP) is 5.71. The third-order valence-corrected chi connectivity index (χ3v) is 5.52. The van der Waals surface area contributed by atoms with Gasteiger partial charge in [0.2, 0.25) is 0 Å². The summed E-state index contributed by atoms with van der Waals surface area (Å²) in [6.07, 6.45) is 0.738. The van der Waals surface area contributed by atoms with Gasteiger partial charge in [0, 0.05) is 0 Å². The first-order valence-corrected chi connectivity index (χ1v) is 12.1. The molecule has 0 fully saturated rings. The number of carbonyl (C=O) groups is 2. The van der Waals surface area contributed by atoms with Crippen LogP contribution in [0.1, 0.15) is 34.0 Å². The Kier molecular flexibility index (Phi) is 8.86. The van der Waals surface area contributed by atoms with Crippen molar-refractivity contribution in [3.05, 3.63) is 125 Å². The molecule has 4 aromatic rings. The first-order valence-electron chi connectivity index (χ1n) is 12.1. The summed E-state index contributed by atoms with van der Waals surface area (Å²) in [5.41, 5.74) is 5.82. The lowest BCUT2D eigenvalue weighted by molar-refractivity contribution is -0.127. The first kappa shape index (κ1) is 26.2. The molecule has 0 aliphatic carbocycles. The minimum Gasteiger partial charge on any atom is -0.489 e. The van der Waals surface area contributed by atoms with Gasteiger partial charge in [-0.1, -0.05) is 48.0 Å². The summed E-state index contributed by atoms with van der Waals surface area (Å²) in [6, 6.07) is 30.9. The molecule has 1 atom stereocenters. The number of hydrogen-bond acceptors (Lipinski definition) is 6. The van der Waals surface area contributed by atoms with Crippen molar-refractivity contribution < 1.29 is 23.8 Å². The molecule has 0 saturated carbocycles. The molecule has 1 unspecified atom stereocenters. The van der Waals surface area contributed by atoms with Crippen LogP contribution in [0.3, 0.4) is 0 Å². The topological polar surface area (TPSA) is 86.2 Å². The summed E-state index contributed by atoms with van der Waals surface area (Å²) < 4.78 is 16.9. The highest BCUT2D eigenvalue weighted by Gasteiger charge is 2.14. The van der Waals surface area contributed by atoms with E-state index in [9.17, 15) is 9.59 Å². The molecular weight excluding hydrogens is 480 g/mol. The van der Waals surface area contributed by atoms with Gasteiger partial charge in [0.25, 0.3) is 5.91 Å². The van der Waals surface area contributed by atoms with Crippen molar-refractivity contribution in [2.75, 3.05) is 0 Å². The van der Waals surface area contributed by atoms with E-state index in [2.05, 4.69) is 10.5 Å². The van der Waals surface area contributed by atoms with Crippen LogP contribution < -0.4 is 19.6 Å². The third kappa shape index (κ3) is 7.80. The van der Waals surface area contributed by atoms with E-state index in [1.54, 1.807) is 67.6 Å². The second-order valence-corrected chi connectivity index (χ2v) is 8.56. The summed E-state index contributed by atoms with van der Waals surface area (Å²) in [6.45, 7) is 4.06. The van der Waals surface area contributed by atoms with E-state index < -0.39 is 18.0 Å². The standard InChI is InChI=1S/C31H28N2O5/c1-22-8-12-26(13-9-22)31(35)38-29-14-10-24(11-15-29)20-32-33-30(34)23(2)37-28-18-16-27(17-19-28)36-21-25-6-4-3-5-7-25/h3-20,23H,21H2,1-2H3,(H,33,34)/b32-20+. The van der Waals surface area contributed by atoms with Crippen LogP contribution in [0.15, 0.2) is 108 Å². The highest BCUT2D eigenvalue weighted by atomic mass is 16.5. The lowest BCUT2D eigenvalue weighted by atomic mass is 10.1. The number of esters is 1. The number of ether oxygens (including phenoxy) is 3. The van der Waals surface area contributed by atoms with Gasteiger partial charge < -0.3 is 14.2 Å². The summed E-state index contributed by atoms with van der Waals surface area (Å²) in [5, 5.41) is 3.99. The Morgan fingerprint density at radius 1 is 0.816 bits per heavy atom. The molecular formula is C31H28N2O5. The number of amides is 1. The van der Waals surface area contributed by atoms with Crippen LogP contribution in [0.4, 0.5) is 0 Å². The van der Waals surface area contributed by atoms with Gasteiger partial charge in [-0.15, -0.1) is 0 Å². The molecule has 0 aromatic heterocycles. The SMILES string of the molecule is Cc1ccc(C(=O)Oc2ccc(/C=N/NC(=O)C(C)Oc3ccc(OCc4ccccc4)cc3)cc2)cc1. The van der Waals surface area contributed by atoms with Gasteiger partial charge in [0.05, 0.1) is 11.8 Å². The number of aryl methyl sites for hydroxylation is 1. The Labute approximate surface area is 221 Å². The van der Waals surface area contributed by atoms with E-state index in [4.69, 9.17) is 14.2 Å². The molecule has 1 N–H and O–H groups in total. The monoisotopic (exact) mass is 508 g/mol. The number of hydrazone groups is 1. The number of nitrogens with one attached hydrogen (secondary N) is 1. The molecule has 0 heterocycles. The summed E-state index contributed by atoms with van der Waals surface area (Å²) in [4.78, 5) is 24.6. The average molecular weight is 509 g/mol. The fourth-order valence-electron chi connectivity index (χ4n) is 3.35. The Morgan fingerprint density at radius 3 is 2.13 bits per heavy atom. The summed E-state index contributed by atoms with van der Waals surface area (Å²) in [7, 11) is 0. The maximum absolute atomic E-state index is 12.4. The molecule has 0 radical (unpaired) electrons. The molecule has 7 heteroatoms. The molecule has 0 aliphatic heterocycles. The van der Waals surface area contributed by atoms with Gasteiger partial charge in [-0.2, -0.15) is 5.10 Å². The number of carbonyl (C=O) groups excluding carboxylic acids is 2. The first-order chi connectivity index (χ1) is 18.5. The normalized spacial score (nSPS) is 11.5. The zero-order chi connectivity index (χ0) is 26.7. The molecule has 0 aliphatic rings. The van der Waals surface area contributed by atoms with E-state index in [0.29, 0.717) is 29.4 Å². The van der Waals surface area contributed by atoms with E-state index in [0.717, 1.165) is 16.7 Å². The van der Waals surface area contributed by atoms with Crippen LogP contribution in [-0.4, -0.2) is 24.2 Å². The van der Waals surface area contributed by atoms with Crippen molar-refractivity contribution in [1.29, 1.82) is 0 Å². The van der Waals surface area contributed by atoms with E-state index in [-0.39, 0.29) is 0 Å². The van der Waals surface area contributed by atoms with Gasteiger partial charge in [-0.05, 0) is 85.6 Å². The quantitative estimate of drug-likeness (QED) is 0.128. The van der Waals surface area contributed by atoms with E-state index in [1.165, 1.54) is 6.21 Å². The van der Waals surface area contributed by atoms with Crippen molar-refractivity contribution in [2.24, 2.45) is 5.10 Å². The zero-order valence-electron chi connectivity index (χ0n) is 21.2. The van der Waals surface area contributed by atoms with Crippen molar-refractivity contribution >= 4 is 18.1 Å². The van der Waals surface area contributed by atoms with Crippen LogP contribution in [0, 0.1) is 6.92 Å². The van der Waals surface area contributed by atoms with E-state index >= 15 is 0 Å². The molecule has 7 nitrogen and oxygen atoms in total. The Balaban J connectivity index is 1.21. The minimum atomic E-state index is -0.758. The molecule has 4 rings (SSSR count). The second-order valence-electron chi connectivity index (χ2n) is 8.56. The maximum Gasteiger partial charge on any atom is 0.343 e. The van der Waals surface area contributed by atoms with Gasteiger partial charge in [-0.25, -0.2) is 10.2 Å². The maximum atomic E-state index is 12.4. The Morgan fingerprint density at radius 2 is 1.45 bits per heavy atom. The van der Waals surface area contributed by atoms with Crippen molar-refractivity contribution in [2.45, 2.75) is 26.6 Å². The fraction of sp³-hybridized carbons (Fsp3) is 0.129. The molecule has 1 amide bonds. The van der Waals surface area contributed by atoms with Crippen LogP contribution in [0.25, 0.3) is 0 Å². The second kappa shape index (κ2) is 12.9. The summed E-state index contributed by atoms with van der Waals surface area (Å²) in [5.74, 6) is 0.838. The molecule has 192 valence electrons. The lowest BCUT2D eigenvalue weighted by Gasteiger charge is -2.13. The van der Waals surface area contributed by atoms with Crippen molar-refractivity contribution in [1.82, 2.24) is 5.43 Å². The van der Waals surface area contributed by atoms with Gasteiger partial charge >= 0.3 is 5.97 Å². The molecule has 38 heavy (non-hydrogen) atoms. The van der Waals surface area contributed by atoms with Crippen molar-refractivity contribution in [3.8, 4) is 17.2 Å². The number of benzene rings is 4. The molecule has 0 bridgehead atoms. The largest absolute Gasteiger partial charge is 0.489 e. The number of nitrogens with zero attached hydrogens (tertiary/aromatic N) is 1. The van der Waals surface area contributed by atoms with Crippen LogP contribution in [0.2, 0.25) is 0 Å². The molecule has 0 saturated heterocycles. The average Bonchev–Trinajstić information content (AvgIpc) is 2.94. The van der Waals surface area contributed by atoms with Gasteiger partial charge in [-0.3, -0.25) is 4.79 Å². The van der Waals surface area contributed by atoms with E-state index in [1.807, 2.05) is 49.4 Å². The smallest absolute Gasteiger partial charge is 0.343 e. The zero-order valence-corrected chi connectivity index (χ0v) is 21.2. The Bertz CT molecular complexity index is 1370. The van der Waals surface area contributed by atoms with Gasteiger partial charge in [0.1, 0.15) is 23.9 Å². The van der Waals surface area contributed by atoms with Crippen molar-refractivity contribution in [3.63, 3.8) is 0 Å². The third-order valence-electron chi connectivity index (χ3n) is 5.52. The minimum absolute atomic E-state index is 0.394. The van der Waals surface area contributed by atoms with Gasteiger partial charge in [0.15, 0.2) is 6.10 Å². The Hall–Kier alpha value is -4.91. The lowest BCUT2D eigenvalue weighted by Crippen LogP contribution is -2.33. The number of rotatable bonds is 10.